The molecule has 0 radical (unpaired) electrons. The highest BCUT2D eigenvalue weighted by Crippen LogP contribution is 2.28. The Morgan fingerprint density at radius 2 is 1.95 bits per heavy atom. The molecule has 0 spiro atoms. The maximum absolute atomic E-state index is 13.0. The Bertz CT molecular complexity index is 1400. The molecule has 2 saturated heterocycles. The number of rotatable bonds is 5. The minimum Gasteiger partial charge on any atom is -0.465 e. The van der Waals surface area contributed by atoms with E-state index >= 15 is 0 Å². The molecular weight excluding hydrogens is 525 g/mol. The van der Waals surface area contributed by atoms with Gasteiger partial charge in [-0.3, -0.25) is 24.2 Å². The first kappa shape index (κ1) is 25.3. The third-order valence-corrected chi connectivity index (χ3v) is 7.57. The number of carbonyl (C=O) groups excluding carboxylic acids is 1. The number of piperidine rings is 1. The molecule has 2 atom stereocenters. The maximum Gasteiger partial charge on any atom is 0.408 e. The lowest BCUT2D eigenvalue weighted by Gasteiger charge is -2.35. The molecule has 196 valence electrons. The van der Waals surface area contributed by atoms with Crippen molar-refractivity contribution in [3.05, 3.63) is 50.4 Å². The number of anilines is 1. The number of aliphatic hydroxyl groups is 1. The van der Waals surface area contributed by atoms with Crippen molar-refractivity contribution in [3.8, 4) is 0 Å². The maximum atomic E-state index is 13.0. The van der Waals surface area contributed by atoms with E-state index in [1.165, 1.54) is 6.20 Å². The van der Waals surface area contributed by atoms with E-state index in [2.05, 4.69) is 20.4 Å². The Balaban J connectivity index is 1.25. The molecule has 2 amide bonds. The predicted molar refractivity (Wildman–Crippen MR) is 136 cm³/mol. The van der Waals surface area contributed by atoms with Crippen molar-refractivity contribution in [1.82, 2.24) is 29.5 Å². The number of fused-ring (bicyclic) bond motifs is 1. The number of hydrogen-bond acceptors (Lipinski definition) is 7. The van der Waals surface area contributed by atoms with Gasteiger partial charge in [0.25, 0.3) is 5.56 Å². The number of carbonyl (C=O) groups is 2. The van der Waals surface area contributed by atoms with Crippen LogP contribution in [-0.4, -0.2) is 83.5 Å². The topological polar surface area (TPSA) is 157 Å². The van der Waals surface area contributed by atoms with Crippen LogP contribution in [0.2, 0.25) is 10.0 Å². The minimum absolute atomic E-state index is 0.0679. The number of carboxylic acid groups (broad SMARTS) is 1. The van der Waals surface area contributed by atoms with Gasteiger partial charge in [-0.1, -0.05) is 29.3 Å². The summed E-state index contributed by atoms with van der Waals surface area (Å²) in [6, 6.07) is 4.25. The molecule has 14 heteroatoms. The molecule has 2 aliphatic heterocycles. The quantitative estimate of drug-likeness (QED) is 0.377. The second-order valence-electron chi connectivity index (χ2n) is 9.24. The molecule has 3 aromatic rings. The van der Waals surface area contributed by atoms with Gasteiger partial charge in [-0.25, -0.2) is 9.78 Å². The fraction of sp³-hybridized carbons (Fsp3) is 0.435. The number of aliphatic hydroxyl groups excluding tert-OH is 1. The number of halogens is 2. The first-order valence-corrected chi connectivity index (χ1v) is 12.6. The van der Waals surface area contributed by atoms with Crippen molar-refractivity contribution in [3.63, 3.8) is 0 Å². The summed E-state index contributed by atoms with van der Waals surface area (Å²) < 4.78 is 1.65. The summed E-state index contributed by atoms with van der Waals surface area (Å²) in [5.74, 6) is -0.00907. The summed E-state index contributed by atoms with van der Waals surface area (Å²) in [6.45, 7) is 1.09. The number of aromatic nitrogens is 4. The third-order valence-electron chi connectivity index (χ3n) is 6.83. The number of benzene rings is 1. The highest BCUT2D eigenvalue weighted by molar-refractivity contribution is 6.42. The molecular formula is C23H25Cl2N7O5. The Morgan fingerprint density at radius 1 is 1.19 bits per heavy atom. The van der Waals surface area contributed by atoms with Gasteiger partial charge in [0.2, 0.25) is 11.9 Å². The zero-order valence-electron chi connectivity index (χ0n) is 19.6. The Labute approximate surface area is 220 Å². The van der Waals surface area contributed by atoms with Gasteiger partial charge in [0.1, 0.15) is 11.6 Å². The molecule has 2 fully saturated rings. The molecule has 2 aliphatic rings. The summed E-state index contributed by atoms with van der Waals surface area (Å²) in [5, 5.41) is 27.6. The van der Waals surface area contributed by atoms with E-state index in [-0.39, 0.29) is 30.5 Å². The van der Waals surface area contributed by atoms with Crippen LogP contribution in [0.5, 0.6) is 0 Å². The SMILES string of the molecule is O=C([C@@H]1C[C@@H](O)CN1C(=O)O)N1CCC(n2ncc3nc(NCc4ccc(Cl)c(Cl)c4)[nH]c(=O)c32)CC1. The average molecular weight is 550 g/mol. The van der Waals surface area contributed by atoms with Gasteiger partial charge < -0.3 is 20.4 Å². The van der Waals surface area contributed by atoms with E-state index in [9.17, 15) is 24.6 Å². The van der Waals surface area contributed by atoms with Crippen molar-refractivity contribution < 1.29 is 19.8 Å². The second-order valence-corrected chi connectivity index (χ2v) is 10.1. The molecule has 37 heavy (non-hydrogen) atoms. The van der Waals surface area contributed by atoms with E-state index in [4.69, 9.17) is 23.2 Å². The van der Waals surface area contributed by atoms with Gasteiger partial charge in [0.15, 0.2) is 5.52 Å². The Morgan fingerprint density at radius 3 is 2.65 bits per heavy atom. The number of hydrogen-bond donors (Lipinski definition) is 4. The van der Waals surface area contributed by atoms with Crippen LogP contribution in [0.3, 0.4) is 0 Å². The number of nitrogens with zero attached hydrogens (tertiary/aromatic N) is 5. The number of aromatic amines is 1. The van der Waals surface area contributed by atoms with E-state index in [1.54, 1.807) is 21.7 Å². The van der Waals surface area contributed by atoms with Crippen LogP contribution in [0.15, 0.2) is 29.2 Å². The smallest absolute Gasteiger partial charge is 0.408 e. The monoisotopic (exact) mass is 549 g/mol. The molecule has 5 rings (SSSR count). The van der Waals surface area contributed by atoms with Gasteiger partial charge >= 0.3 is 6.09 Å². The van der Waals surface area contributed by atoms with E-state index < -0.39 is 18.2 Å². The fourth-order valence-electron chi connectivity index (χ4n) is 4.97. The number of β-amino-alcohol motifs (C(OH)–C–C–N with tert-alkyl or cyclic N) is 1. The van der Waals surface area contributed by atoms with Gasteiger partial charge in [-0.2, -0.15) is 5.10 Å². The predicted octanol–water partition coefficient (Wildman–Crippen LogP) is 2.32. The molecule has 2 aromatic heterocycles. The zero-order valence-corrected chi connectivity index (χ0v) is 21.1. The number of amides is 2. The summed E-state index contributed by atoms with van der Waals surface area (Å²) in [5.41, 5.74) is 1.32. The van der Waals surface area contributed by atoms with Crippen molar-refractivity contribution >= 4 is 52.2 Å². The molecule has 0 saturated carbocycles. The van der Waals surface area contributed by atoms with Gasteiger partial charge in [0, 0.05) is 26.1 Å². The van der Waals surface area contributed by atoms with Crippen molar-refractivity contribution in [2.24, 2.45) is 0 Å². The minimum atomic E-state index is -1.22. The number of nitrogens with one attached hydrogen (secondary N) is 2. The van der Waals surface area contributed by atoms with E-state index in [1.807, 2.05) is 6.07 Å². The van der Waals surface area contributed by atoms with Crippen LogP contribution >= 0.6 is 23.2 Å². The fourth-order valence-corrected chi connectivity index (χ4v) is 5.29. The lowest BCUT2D eigenvalue weighted by molar-refractivity contribution is -0.136. The molecule has 12 nitrogen and oxygen atoms in total. The standard InChI is InChI=1S/C23H25Cl2N7O5/c24-15-2-1-12(7-16(15)25)9-26-22-28-17-10-27-32(19(17)20(34)29-22)13-3-5-30(6-4-13)21(35)18-8-14(33)11-31(18)23(36)37/h1-2,7,10,13-14,18,33H,3-6,8-9,11H2,(H,36,37)(H2,26,28,29,34)/t14-,18+/m1/s1. The normalized spacial score (nSPS) is 20.5. The Hall–Kier alpha value is -3.35. The molecule has 4 heterocycles. The van der Waals surface area contributed by atoms with Crippen LogP contribution in [-0.2, 0) is 11.3 Å². The lowest BCUT2D eigenvalue weighted by atomic mass is 10.0. The average Bonchev–Trinajstić information content (AvgIpc) is 3.48. The number of H-pyrrole nitrogens is 1. The summed E-state index contributed by atoms with van der Waals surface area (Å²) in [6.07, 6.45) is 0.656. The zero-order chi connectivity index (χ0) is 26.3. The summed E-state index contributed by atoms with van der Waals surface area (Å²) in [4.78, 5) is 47.2. The van der Waals surface area contributed by atoms with Crippen LogP contribution in [0.25, 0.3) is 11.0 Å². The third kappa shape index (κ3) is 5.09. The van der Waals surface area contributed by atoms with Crippen LogP contribution in [0.1, 0.15) is 30.9 Å². The van der Waals surface area contributed by atoms with Crippen molar-refractivity contribution in [1.29, 1.82) is 0 Å². The van der Waals surface area contributed by atoms with Crippen LogP contribution in [0, 0.1) is 0 Å². The van der Waals surface area contributed by atoms with Crippen molar-refractivity contribution in [2.75, 3.05) is 25.0 Å². The Kier molecular flexibility index (Phi) is 6.97. The molecule has 0 unspecified atom stereocenters. The molecule has 1 aromatic carbocycles. The second kappa shape index (κ2) is 10.2. The van der Waals surface area contributed by atoms with Crippen LogP contribution < -0.4 is 10.9 Å². The highest BCUT2D eigenvalue weighted by atomic mass is 35.5. The van der Waals surface area contributed by atoms with E-state index in [0.29, 0.717) is 59.5 Å². The first-order valence-electron chi connectivity index (χ1n) is 11.8. The summed E-state index contributed by atoms with van der Waals surface area (Å²) >= 11 is 12.0. The first-order chi connectivity index (χ1) is 17.7. The highest BCUT2D eigenvalue weighted by Gasteiger charge is 2.41. The van der Waals surface area contributed by atoms with E-state index in [0.717, 1.165) is 10.5 Å². The molecule has 0 aliphatic carbocycles. The van der Waals surface area contributed by atoms with Crippen LogP contribution in [0.4, 0.5) is 10.7 Å². The van der Waals surface area contributed by atoms with Gasteiger partial charge in [-0.15, -0.1) is 0 Å². The van der Waals surface area contributed by atoms with Gasteiger partial charge in [0.05, 0.1) is 34.9 Å². The summed E-state index contributed by atoms with van der Waals surface area (Å²) in [7, 11) is 0. The lowest BCUT2D eigenvalue weighted by Crippen LogP contribution is -2.49. The van der Waals surface area contributed by atoms with Gasteiger partial charge in [-0.05, 0) is 30.5 Å². The van der Waals surface area contributed by atoms with Crippen molar-refractivity contribution in [2.45, 2.75) is 44.0 Å². The molecule has 4 N–H and O–H groups in total. The molecule has 0 bridgehead atoms. The number of likely N-dealkylation sites (tertiary alicyclic amines) is 2. The largest absolute Gasteiger partial charge is 0.465 e.